The monoisotopic (exact) mass is 413 g/mol. The van der Waals surface area contributed by atoms with Gasteiger partial charge in [-0.05, 0) is 56.0 Å². The van der Waals surface area contributed by atoms with Crippen molar-refractivity contribution in [1.29, 1.82) is 0 Å². The molecule has 1 aliphatic heterocycles. The third kappa shape index (κ3) is 3.71. The second-order valence-corrected chi connectivity index (χ2v) is 8.48. The van der Waals surface area contributed by atoms with Crippen molar-refractivity contribution in [2.75, 3.05) is 31.1 Å². The Morgan fingerprint density at radius 1 is 0.862 bits per heavy atom. The number of piperazine rings is 1. The van der Waals surface area contributed by atoms with Crippen molar-refractivity contribution in [2.45, 2.75) is 37.8 Å². The fourth-order valence-corrected chi connectivity index (χ4v) is 5.07. The number of anilines is 1. The van der Waals surface area contributed by atoms with Gasteiger partial charge in [-0.1, -0.05) is 17.7 Å². The van der Waals surface area contributed by atoms with Gasteiger partial charge in [0.15, 0.2) is 11.0 Å². The molecule has 2 aromatic heterocycles. The topological polar surface area (TPSA) is 37.2 Å². The van der Waals surface area contributed by atoms with Crippen LogP contribution in [0, 0.1) is 5.82 Å². The van der Waals surface area contributed by atoms with E-state index in [1.807, 2.05) is 24.3 Å². The molecule has 1 saturated heterocycles. The number of rotatable bonds is 3. The zero-order valence-electron chi connectivity index (χ0n) is 16.3. The molecule has 1 aliphatic carbocycles. The van der Waals surface area contributed by atoms with Gasteiger partial charge in [-0.2, -0.15) is 0 Å². The van der Waals surface area contributed by atoms with Crippen LogP contribution in [0.4, 0.5) is 10.2 Å². The van der Waals surface area contributed by atoms with Crippen LogP contribution < -0.4 is 4.90 Å². The van der Waals surface area contributed by atoms with Crippen molar-refractivity contribution >= 4 is 28.3 Å². The van der Waals surface area contributed by atoms with Crippen LogP contribution in [0.3, 0.4) is 0 Å². The molecule has 1 saturated carbocycles. The van der Waals surface area contributed by atoms with Crippen LogP contribution >= 0.6 is 11.6 Å². The van der Waals surface area contributed by atoms with Gasteiger partial charge in [0.05, 0.1) is 5.52 Å². The van der Waals surface area contributed by atoms with Crippen LogP contribution in [0.1, 0.15) is 31.7 Å². The highest BCUT2D eigenvalue weighted by Crippen LogP contribution is 2.34. The molecule has 7 heteroatoms. The number of aromatic nitrogens is 3. The molecule has 1 aromatic carbocycles. The molecule has 5 rings (SSSR count). The molecule has 29 heavy (non-hydrogen) atoms. The Balaban J connectivity index is 1.18. The molecule has 152 valence electrons. The minimum absolute atomic E-state index is 0.127. The van der Waals surface area contributed by atoms with Gasteiger partial charge < -0.3 is 9.47 Å². The standard InChI is InChI=1S/C22H25ClFN5/c23-21-8-9-22(26-25-21)28-14-12-27(13-15-28)16-4-6-17(7-5-16)29-11-10-18-19(24)2-1-3-20(18)29/h1-3,8-11,16-17H,4-7,12-15H2/t16-,17+. The van der Waals surface area contributed by atoms with Crippen LogP contribution in [0.2, 0.25) is 5.15 Å². The lowest BCUT2D eigenvalue weighted by molar-refractivity contribution is 0.131. The third-order valence-electron chi connectivity index (χ3n) is 6.54. The van der Waals surface area contributed by atoms with Crippen molar-refractivity contribution in [3.8, 4) is 0 Å². The first-order valence-corrected chi connectivity index (χ1v) is 10.8. The van der Waals surface area contributed by atoms with E-state index in [2.05, 4.69) is 30.8 Å². The quantitative estimate of drug-likeness (QED) is 0.632. The van der Waals surface area contributed by atoms with E-state index in [1.165, 1.54) is 12.8 Å². The number of benzene rings is 1. The van der Waals surface area contributed by atoms with Crippen molar-refractivity contribution in [3.63, 3.8) is 0 Å². The summed E-state index contributed by atoms with van der Waals surface area (Å²) < 4.78 is 16.3. The van der Waals surface area contributed by atoms with Gasteiger partial charge in [-0.3, -0.25) is 4.90 Å². The summed E-state index contributed by atoms with van der Waals surface area (Å²) in [4.78, 5) is 4.91. The van der Waals surface area contributed by atoms with E-state index in [1.54, 1.807) is 12.1 Å². The molecule has 0 bridgehead atoms. The number of hydrogen-bond donors (Lipinski definition) is 0. The summed E-state index contributed by atoms with van der Waals surface area (Å²) in [7, 11) is 0. The summed E-state index contributed by atoms with van der Waals surface area (Å²) in [5.41, 5.74) is 1.02. The van der Waals surface area contributed by atoms with Crippen molar-refractivity contribution in [2.24, 2.45) is 0 Å². The molecule has 0 atom stereocenters. The van der Waals surface area contributed by atoms with Gasteiger partial charge in [0.25, 0.3) is 0 Å². The van der Waals surface area contributed by atoms with E-state index in [0.717, 1.165) is 55.7 Å². The molecular weight excluding hydrogens is 389 g/mol. The molecule has 2 aliphatic rings. The lowest BCUT2D eigenvalue weighted by Gasteiger charge is -2.42. The smallest absolute Gasteiger partial charge is 0.151 e. The van der Waals surface area contributed by atoms with E-state index >= 15 is 0 Å². The number of nitrogens with zero attached hydrogens (tertiary/aromatic N) is 5. The van der Waals surface area contributed by atoms with Crippen molar-refractivity contribution < 1.29 is 4.39 Å². The Morgan fingerprint density at radius 2 is 1.62 bits per heavy atom. The van der Waals surface area contributed by atoms with Gasteiger partial charge >= 0.3 is 0 Å². The third-order valence-corrected chi connectivity index (χ3v) is 6.74. The number of halogens is 2. The Kier molecular flexibility index (Phi) is 5.14. The minimum atomic E-state index is -0.127. The number of fused-ring (bicyclic) bond motifs is 1. The normalized spacial score (nSPS) is 23.6. The largest absolute Gasteiger partial charge is 0.353 e. The Hall–Kier alpha value is -2.18. The summed E-state index contributed by atoms with van der Waals surface area (Å²) in [5, 5.41) is 9.33. The molecule has 2 fully saturated rings. The minimum Gasteiger partial charge on any atom is -0.353 e. The average molecular weight is 414 g/mol. The van der Waals surface area contributed by atoms with Crippen LogP contribution in [-0.2, 0) is 0 Å². The lowest BCUT2D eigenvalue weighted by atomic mass is 9.89. The van der Waals surface area contributed by atoms with Gasteiger partial charge in [0.1, 0.15) is 5.82 Å². The van der Waals surface area contributed by atoms with Crippen molar-refractivity contribution in [3.05, 3.63) is 53.6 Å². The second kappa shape index (κ2) is 7.92. The average Bonchev–Trinajstić information content (AvgIpc) is 3.20. The first-order chi connectivity index (χ1) is 14.2. The highest BCUT2D eigenvalue weighted by molar-refractivity contribution is 6.29. The van der Waals surface area contributed by atoms with Crippen LogP contribution in [0.5, 0.6) is 0 Å². The van der Waals surface area contributed by atoms with Crippen molar-refractivity contribution in [1.82, 2.24) is 19.7 Å². The lowest BCUT2D eigenvalue weighted by Crippen LogP contribution is -2.51. The maximum atomic E-state index is 14.0. The molecular formula is C22H25ClFN5. The van der Waals surface area contributed by atoms with E-state index < -0.39 is 0 Å². The summed E-state index contributed by atoms with van der Waals surface area (Å²) in [6.45, 7) is 4.05. The van der Waals surface area contributed by atoms with Crippen LogP contribution in [0.15, 0.2) is 42.6 Å². The Labute approximate surface area is 175 Å². The molecule has 3 heterocycles. The highest BCUT2D eigenvalue weighted by atomic mass is 35.5. The molecule has 3 aromatic rings. The molecule has 0 spiro atoms. The SMILES string of the molecule is Fc1cccc2c1ccn2[C@H]1CC[C@@H](N2CCN(c3ccc(Cl)nn3)CC2)CC1. The van der Waals surface area contributed by atoms with Gasteiger partial charge in [0.2, 0.25) is 0 Å². The molecule has 5 nitrogen and oxygen atoms in total. The maximum absolute atomic E-state index is 14.0. The second-order valence-electron chi connectivity index (χ2n) is 8.10. The Morgan fingerprint density at radius 3 is 2.34 bits per heavy atom. The van der Waals surface area contributed by atoms with Crippen LogP contribution in [-0.4, -0.2) is 51.9 Å². The first-order valence-electron chi connectivity index (χ1n) is 10.4. The summed E-state index contributed by atoms with van der Waals surface area (Å²) in [5.74, 6) is 0.780. The van der Waals surface area contributed by atoms with Gasteiger partial charge in [0, 0.05) is 49.8 Å². The molecule has 0 N–H and O–H groups in total. The van der Waals surface area contributed by atoms with E-state index in [9.17, 15) is 4.39 Å². The van der Waals surface area contributed by atoms with Gasteiger partial charge in [-0.25, -0.2) is 4.39 Å². The summed E-state index contributed by atoms with van der Waals surface area (Å²) in [6.07, 6.45) is 6.74. The Bertz CT molecular complexity index is 973. The van der Waals surface area contributed by atoms with E-state index in [4.69, 9.17) is 11.6 Å². The predicted octanol–water partition coefficient (Wildman–Crippen LogP) is 4.53. The highest BCUT2D eigenvalue weighted by Gasteiger charge is 2.29. The van der Waals surface area contributed by atoms with E-state index in [-0.39, 0.29) is 5.82 Å². The van der Waals surface area contributed by atoms with Crippen LogP contribution in [0.25, 0.3) is 10.9 Å². The molecule has 0 amide bonds. The zero-order chi connectivity index (χ0) is 19.8. The fourth-order valence-electron chi connectivity index (χ4n) is 4.96. The maximum Gasteiger partial charge on any atom is 0.151 e. The summed E-state index contributed by atoms with van der Waals surface area (Å²) >= 11 is 5.84. The zero-order valence-corrected chi connectivity index (χ0v) is 17.1. The van der Waals surface area contributed by atoms with Gasteiger partial charge in [-0.15, -0.1) is 10.2 Å². The number of hydrogen-bond acceptors (Lipinski definition) is 4. The first kappa shape index (κ1) is 18.8. The summed E-state index contributed by atoms with van der Waals surface area (Å²) in [6, 6.07) is 12.1. The fraction of sp³-hybridized carbons (Fsp3) is 0.455. The van der Waals surface area contributed by atoms with E-state index in [0.29, 0.717) is 17.2 Å². The molecule has 0 radical (unpaired) electrons. The predicted molar refractivity (Wildman–Crippen MR) is 114 cm³/mol. The molecule has 0 unspecified atom stereocenters.